The van der Waals surface area contributed by atoms with Crippen molar-refractivity contribution in [2.45, 2.75) is 58.2 Å². The highest BCUT2D eigenvalue weighted by Gasteiger charge is 2.26. The third-order valence-corrected chi connectivity index (χ3v) is 8.26. The van der Waals surface area contributed by atoms with Gasteiger partial charge in [0.05, 0.1) is 19.3 Å². The van der Waals surface area contributed by atoms with Gasteiger partial charge in [-0.3, -0.25) is 4.79 Å². The first kappa shape index (κ1) is 29.3. The van der Waals surface area contributed by atoms with Crippen LogP contribution in [0.4, 0.5) is 0 Å². The van der Waals surface area contributed by atoms with Crippen LogP contribution >= 0.6 is 11.3 Å². The molecule has 0 saturated carbocycles. The normalized spacial score (nSPS) is 13.5. The summed E-state index contributed by atoms with van der Waals surface area (Å²) in [5.74, 6) is -0.0601. The van der Waals surface area contributed by atoms with Crippen molar-refractivity contribution in [3.63, 3.8) is 0 Å². The lowest BCUT2D eigenvalue weighted by molar-refractivity contribution is -0.149. The lowest BCUT2D eigenvalue weighted by Crippen LogP contribution is -2.46. The number of hydrogen-bond donors (Lipinski definition) is 2. The van der Waals surface area contributed by atoms with Gasteiger partial charge in [0.1, 0.15) is 11.9 Å². The predicted molar refractivity (Wildman–Crippen MR) is 141 cm³/mol. The Hall–Kier alpha value is -1.98. The molecule has 0 fully saturated rings. The number of nitrogens with two attached hydrogens (primary N) is 1. The number of sulfonamides is 1. The minimum Gasteiger partial charge on any atom is -0.497 e. The van der Waals surface area contributed by atoms with Crippen molar-refractivity contribution in [3.8, 4) is 5.75 Å². The van der Waals surface area contributed by atoms with Crippen molar-refractivity contribution in [1.82, 2.24) is 9.62 Å². The molecule has 1 aromatic carbocycles. The van der Waals surface area contributed by atoms with Gasteiger partial charge < -0.3 is 20.5 Å². The monoisotopic (exact) mass is 525 g/mol. The summed E-state index contributed by atoms with van der Waals surface area (Å²) in [6.45, 7) is 5.67. The largest absolute Gasteiger partial charge is 0.497 e. The van der Waals surface area contributed by atoms with E-state index in [-0.39, 0.29) is 12.2 Å². The van der Waals surface area contributed by atoms with Gasteiger partial charge >= 0.3 is 5.97 Å². The Bertz CT molecular complexity index is 977. The van der Waals surface area contributed by atoms with Crippen molar-refractivity contribution in [3.05, 3.63) is 52.2 Å². The predicted octanol–water partition coefficient (Wildman–Crippen LogP) is 3.17. The van der Waals surface area contributed by atoms with Crippen LogP contribution in [0.3, 0.4) is 0 Å². The van der Waals surface area contributed by atoms with Crippen LogP contribution in [-0.2, 0) is 32.5 Å². The van der Waals surface area contributed by atoms with Crippen LogP contribution in [0, 0.1) is 0 Å². The summed E-state index contributed by atoms with van der Waals surface area (Å²) in [6.07, 6.45) is 1.21. The van der Waals surface area contributed by atoms with E-state index >= 15 is 0 Å². The van der Waals surface area contributed by atoms with E-state index in [2.05, 4.69) is 5.32 Å². The number of nitrogens with one attached hydrogen (secondary N) is 1. The minimum atomic E-state index is -3.52. The molecule has 1 aromatic heterocycles. The summed E-state index contributed by atoms with van der Waals surface area (Å²) in [5.41, 5.74) is 7.46. The molecule has 1 heterocycles. The second-order valence-electron chi connectivity index (χ2n) is 8.42. The van der Waals surface area contributed by atoms with Crippen LogP contribution < -0.4 is 15.8 Å². The van der Waals surface area contributed by atoms with Gasteiger partial charge in [0, 0.05) is 43.5 Å². The third-order valence-electron chi connectivity index (χ3n) is 5.49. The third kappa shape index (κ3) is 10.3. The van der Waals surface area contributed by atoms with Gasteiger partial charge in [0.25, 0.3) is 0 Å². The lowest BCUT2D eigenvalue weighted by atomic mass is 10.1. The van der Waals surface area contributed by atoms with Crippen LogP contribution in [0.2, 0.25) is 0 Å². The fourth-order valence-electron chi connectivity index (χ4n) is 3.67. The Kier molecular flexibility index (Phi) is 12.7. The summed E-state index contributed by atoms with van der Waals surface area (Å²) < 4.78 is 37.8. The number of carbonyl (C=O) groups is 1. The molecule has 0 saturated heterocycles. The van der Waals surface area contributed by atoms with Crippen molar-refractivity contribution >= 4 is 27.3 Å². The van der Waals surface area contributed by atoms with Crippen molar-refractivity contribution in [2.24, 2.45) is 5.73 Å². The maximum Gasteiger partial charge on any atom is 0.307 e. The average molecular weight is 526 g/mol. The van der Waals surface area contributed by atoms with Gasteiger partial charge in [-0.1, -0.05) is 32.0 Å². The Morgan fingerprint density at radius 1 is 1.17 bits per heavy atom. The van der Waals surface area contributed by atoms with Crippen LogP contribution in [0.5, 0.6) is 5.75 Å². The van der Waals surface area contributed by atoms with Gasteiger partial charge in [0.2, 0.25) is 10.0 Å². The zero-order valence-electron chi connectivity index (χ0n) is 20.9. The molecule has 2 aromatic rings. The molecule has 35 heavy (non-hydrogen) atoms. The molecule has 0 aliphatic carbocycles. The fraction of sp³-hybridized carbons (Fsp3) is 0.560. The van der Waals surface area contributed by atoms with Crippen molar-refractivity contribution < 1.29 is 22.7 Å². The summed E-state index contributed by atoms with van der Waals surface area (Å²) in [7, 11) is -1.90. The number of ether oxygens (including phenoxy) is 2. The zero-order chi connectivity index (χ0) is 25.7. The minimum absolute atomic E-state index is 0.204. The first-order valence-electron chi connectivity index (χ1n) is 12.1. The van der Waals surface area contributed by atoms with E-state index in [4.69, 9.17) is 15.2 Å². The molecule has 0 aliphatic rings. The van der Waals surface area contributed by atoms with Crippen molar-refractivity contribution in [1.29, 1.82) is 0 Å². The second kappa shape index (κ2) is 15.2. The van der Waals surface area contributed by atoms with E-state index in [0.717, 1.165) is 29.0 Å². The van der Waals surface area contributed by atoms with Crippen LogP contribution in [0.25, 0.3) is 0 Å². The molecule has 0 unspecified atom stereocenters. The second-order valence-corrected chi connectivity index (χ2v) is 11.5. The fourth-order valence-corrected chi connectivity index (χ4v) is 6.05. The van der Waals surface area contributed by atoms with Gasteiger partial charge in [0.15, 0.2) is 0 Å². The van der Waals surface area contributed by atoms with E-state index in [9.17, 15) is 13.2 Å². The molecular weight excluding hydrogens is 486 g/mol. The van der Waals surface area contributed by atoms with Crippen LogP contribution in [0.1, 0.15) is 43.6 Å². The molecule has 3 N–H and O–H groups in total. The molecular formula is C25H39N3O5S2. The van der Waals surface area contributed by atoms with E-state index in [1.54, 1.807) is 18.4 Å². The molecule has 2 atom stereocenters. The molecule has 0 aliphatic heterocycles. The van der Waals surface area contributed by atoms with Gasteiger partial charge in [-0.05, 0) is 42.0 Å². The topological polar surface area (TPSA) is 111 Å². The van der Waals surface area contributed by atoms with Gasteiger partial charge in [-0.15, -0.1) is 11.3 Å². The maximum atomic E-state index is 12.7. The summed E-state index contributed by atoms with van der Waals surface area (Å²) in [6, 6.07) is 11.2. The van der Waals surface area contributed by atoms with Crippen LogP contribution in [-0.4, -0.2) is 63.3 Å². The van der Waals surface area contributed by atoms with E-state index in [1.165, 1.54) is 4.31 Å². The van der Waals surface area contributed by atoms with Gasteiger partial charge in [-0.2, -0.15) is 0 Å². The number of rotatable bonds is 17. The molecule has 0 spiro atoms. The summed E-state index contributed by atoms with van der Waals surface area (Å²) in [5, 5.41) is 5.29. The number of hydrogen-bond acceptors (Lipinski definition) is 8. The Labute approximate surface area is 213 Å². The number of methoxy groups -OCH3 is 1. The summed E-state index contributed by atoms with van der Waals surface area (Å²) >= 11 is 1.60. The quantitative estimate of drug-likeness (QED) is 0.305. The van der Waals surface area contributed by atoms with E-state index in [0.29, 0.717) is 32.6 Å². The highest BCUT2D eigenvalue weighted by molar-refractivity contribution is 7.89. The first-order valence-corrected chi connectivity index (χ1v) is 14.6. The molecule has 196 valence electrons. The highest BCUT2D eigenvalue weighted by Crippen LogP contribution is 2.15. The van der Waals surface area contributed by atoms with E-state index < -0.39 is 28.1 Å². The smallest absolute Gasteiger partial charge is 0.307 e. The molecule has 2 rings (SSSR count). The maximum absolute atomic E-state index is 12.7. The van der Waals surface area contributed by atoms with Crippen molar-refractivity contribution in [2.75, 3.05) is 32.5 Å². The number of thiophene rings is 1. The molecule has 10 heteroatoms. The average Bonchev–Trinajstić information content (AvgIpc) is 3.35. The number of benzene rings is 1. The molecule has 0 bridgehead atoms. The SMILES string of the molecule is CCCN(CCC)S(=O)(=O)CCC(=O)O[C@H](CNCc1cccc(OC)c1)[C@H](N)Cc1cccs1. The lowest BCUT2D eigenvalue weighted by Gasteiger charge is -2.25. The number of nitrogens with zero attached hydrogens (tertiary/aromatic N) is 1. The zero-order valence-corrected chi connectivity index (χ0v) is 22.6. The van der Waals surface area contributed by atoms with E-state index in [1.807, 2.05) is 55.6 Å². The first-order chi connectivity index (χ1) is 16.8. The van der Waals surface area contributed by atoms with Crippen LogP contribution in [0.15, 0.2) is 41.8 Å². The highest BCUT2D eigenvalue weighted by atomic mass is 32.2. The molecule has 0 radical (unpaired) electrons. The Morgan fingerprint density at radius 3 is 2.54 bits per heavy atom. The Morgan fingerprint density at radius 2 is 1.91 bits per heavy atom. The number of esters is 1. The van der Waals surface area contributed by atoms with Gasteiger partial charge in [-0.25, -0.2) is 12.7 Å². The standard InChI is InChI=1S/C25H39N3O5S2/c1-4-12-28(13-5-2)35(30,31)15-11-25(29)33-24(23(26)17-22-10-7-14-34-22)19-27-18-20-8-6-9-21(16-20)32-3/h6-10,14,16,23-24,27H,4-5,11-13,15,17-19,26H2,1-3H3/t23-,24-/m1/s1. The molecule has 8 nitrogen and oxygen atoms in total. The Balaban J connectivity index is 1.98. The number of carbonyl (C=O) groups excluding carboxylic acids is 1. The molecule has 0 amide bonds. The summed E-state index contributed by atoms with van der Waals surface area (Å²) in [4.78, 5) is 13.8.